The molecule has 2 saturated heterocycles. The number of fused-ring (bicyclic) bond motifs is 1. The zero-order valence-electron chi connectivity index (χ0n) is 25.5. The molecule has 2 fully saturated rings. The highest BCUT2D eigenvalue weighted by Crippen LogP contribution is 2.38. The fourth-order valence-corrected chi connectivity index (χ4v) is 7.36. The van der Waals surface area contributed by atoms with Crippen LogP contribution in [0.25, 0.3) is 11.0 Å². The molecular formula is C33H49FN6. The average Bonchev–Trinajstić information content (AvgIpc) is 3.29. The van der Waals surface area contributed by atoms with Crippen molar-refractivity contribution < 1.29 is 4.39 Å². The van der Waals surface area contributed by atoms with Gasteiger partial charge in [-0.2, -0.15) is 0 Å². The molecule has 6 nitrogen and oxygen atoms in total. The number of rotatable bonds is 9. The first-order valence-electron chi connectivity index (χ1n) is 15.4. The van der Waals surface area contributed by atoms with E-state index in [1.807, 2.05) is 6.07 Å². The minimum absolute atomic E-state index is 0.120. The van der Waals surface area contributed by atoms with E-state index in [4.69, 9.17) is 4.98 Å². The van der Waals surface area contributed by atoms with Gasteiger partial charge in [0.1, 0.15) is 11.6 Å². The molecule has 1 aromatic heterocycles. The van der Waals surface area contributed by atoms with Crippen molar-refractivity contribution in [2.45, 2.75) is 90.1 Å². The molecule has 2 aliphatic rings. The van der Waals surface area contributed by atoms with Crippen LogP contribution in [0.3, 0.4) is 0 Å². The minimum Gasteiger partial charge on any atom is -0.327 e. The number of imidazole rings is 1. The minimum atomic E-state index is -0.150. The van der Waals surface area contributed by atoms with Crippen LogP contribution in [-0.2, 0) is 18.6 Å². The lowest BCUT2D eigenvalue weighted by molar-refractivity contribution is 0.0505. The topological polar surface area (TPSA) is 39.6 Å². The number of piperidine rings is 1. The Morgan fingerprint density at radius 1 is 1.05 bits per heavy atom. The normalized spacial score (nSPS) is 23.2. The molecule has 0 radical (unpaired) electrons. The highest BCUT2D eigenvalue weighted by molar-refractivity contribution is 5.77. The smallest absolute Gasteiger partial charge is 0.127 e. The van der Waals surface area contributed by atoms with E-state index in [1.54, 1.807) is 12.1 Å². The predicted octanol–water partition coefficient (Wildman–Crippen LogP) is 5.77. The van der Waals surface area contributed by atoms with Crippen LogP contribution in [0.5, 0.6) is 0 Å². The second-order valence-electron chi connectivity index (χ2n) is 12.5. The van der Waals surface area contributed by atoms with E-state index in [2.05, 4.69) is 90.6 Å². The summed E-state index contributed by atoms with van der Waals surface area (Å²) >= 11 is 0. The Labute approximate surface area is 240 Å². The van der Waals surface area contributed by atoms with Gasteiger partial charge in [-0.1, -0.05) is 31.5 Å². The van der Waals surface area contributed by atoms with Gasteiger partial charge in [0.25, 0.3) is 0 Å². The zero-order valence-corrected chi connectivity index (χ0v) is 25.5. The van der Waals surface area contributed by atoms with E-state index < -0.39 is 0 Å². The molecule has 40 heavy (non-hydrogen) atoms. The number of aromatic nitrogens is 2. The number of hydrogen-bond acceptors (Lipinski definition) is 5. The number of aryl methyl sites for hydroxylation is 1. The third-order valence-electron chi connectivity index (χ3n) is 9.35. The van der Waals surface area contributed by atoms with Crippen molar-refractivity contribution in [1.82, 2.24) is 29.6 Å². The Hall–Kier alpha value is -2.32. The van der Waals surface area contributed by atoms with E-state index in [0.717, 1.165) is 76.0 Å². The van der Waals surface area contributed by atoms with Gasteiger partial charge in [-0.3, -0.25) is 14.7 Å². The molecule has 0 amide bonds. The first-order chi connectivity index (χ1) is 19.2. The van der Waals surface area contributed by atoms with E-state index >= 15 is 0 Å². The van der Waals surface area contributed by atoms with Gasteiger partial charge in [0, 0.05) is 56.9 Å². The third-order valence-corrected chi connectivity index (χ3v) is 9.35. The quantitative estimate of drug-likeness (QED) is 0.368. The molecule has 7 heteroatoms. The second kappa shape index (κ2) is 12.3. The highest BCUT2D eigenvalue weighted by Gasteiger charge is 2.38. The second-order valence-corrected chi connectivity index (χ2v) is 12.5. The Kier molecular flexibility index (Phi) is 8.95. The largest absolute Gasteiger partial charge is 0.327 e. The number of piperazine rings is 1. The van der Waals surface area contributed by atoms with Crippen LogP contribution in [0.4, 0.5) is 4.39 Å². The molecule has 0 aliphatic carbocycles. The summed E-state index contributed by atoms with van der Waals surface area (Å²) in [5, 5.41) is 3.69. The molecule has 5 rings (SSSR count). The zero-order chi connectivity index (χ0) is 28.4. The maximum Gasteiger partial charge on any atom is 0.127 e. The summed E-state index contributed by atoms with van der Waals surface area (Å²) in [4.78, 5) is 12.8. The maximum absolute atomic E-state index is 14.1. The molecule has 2 aromatic carbocycles. The van der Waals surface area contributed by atoms with Gasteiger partial charge in [0.05, 0.1) is 17.1 Å². The van der Waals surface area contributed by atoms with Gasteiger partial charge in [-0.25, -0.2) is 9.37 Å². The monoisotopic (exact) mass is 548 g/mol. The average molecular weight is 549 g/mol. The van der Waals surface area contributed by atoms with Gasteiger partial charge >= 0.3 is 0 Å². The van der Waals surface area contributed by atoms with Crippen LogP contribution in [-0.4, -0.2) is 76.6 Å². The lowest BCUT2D eigenvalue weighted by Crippen LogP contribution is -2.55. The van der Waals surface area contributed by atoms with Gasteiger partial charge < -0.3 is 9.88 Å². The lowest BCUT2D eigenvalue weighted by atomic mass is 9.79. The number of benzene rings is 2. The number of nitrogens with zero attached hydrogens (tertiary/aromatic N) is 5. The van der Waals surface area contributed by atoms with Crippen molar-refractivity contribution in [3.63, 3.8) is 0 Å². The molecule has 0 spiro atoms. The summed E-state index contributed by atoms with van der Waals surface area (Å²) in [5.74, 6) is 1.07. The molecule has 3 heterocycles. The van der Waals surface area contributed by atoms with Crippen LogP contribution in [0.2, 0.25) is 0 Å². The molecule has 3 atom stereocenters. The predicted molar refractivity (Wildman–Crippen MR) is 163 cm³/mol. The van der Waals surface area contributed by atoms with Crippen LogP contribution < -0.4 is 5.32 Å². The Morgan fingerprint density at radius 2 is 1.77 bits per heavy atom. The summed E-state index contributed by atoms with van der Waals surface area (Å²) in [5.41, 5.74) is 4.65. The van der Waals surface area contributed by atoms with Gasteiger partial charge in [-0.15, -0.1) is 0 Å². The van der Waals surface area contributed by atoms with Crippen LogP contribution >= 0.6 is 0 Å². The maximum atomic E-state index is 14.1. The molecule has 0 bridgehead atoms. The Bertz CT molecular complexity index is 1270. The van der Waals surface area contributed by atoms with E-state index in [0.29, 0.717) is 18.1 Å². The Balaban J connectivity index is 1.35. The fraction of sp³-hybridized carbons (Fsp3) is 0.606. The van der Waals surface area contributed by atoms with E-state index in [1.165, 1.54) is 16.9 Å². The van der Waals surface area contributed by atoms with Crippen LogP contribution in [0.15, 0.2) is 42.5 Å². The summed E-state index contributed by atoms with van der Waals surface area (Å²) in [6, 6.07) is 15.4. The number of likely N-dealkylation sites (tertiary alicyclic amines) is 1. The number of nitrogens with one attached hydrogen (secondary N) is 1. The molecule has 1 unspecified atom stereocenters. The van der Waals surface area contributed by atoms with Crippen molar-refractivity contribution in [3.05, 3.63) is 65.2 Å². The SMILES string of the molecule is CCCC(c1nc2cc(CN3CCC(c4cccc(F)c4)(N(C)C)CC3)ccc2n1CC)N1C[C@@H](C)N[C@@H](C)C1. The van der Waals surface area contributed by atoms with E-state index in [-0.39, 0.29) is 11.4 Å². The molecule has 3 aromatic rings. The van der Waals surface area contributed by atoms with E-state index in [9.17, 15) is 4.39 Å². The Morgan fingerprint density at radius 3 is 2.40 bits per heavy atom. The number of hydrogen-bond donors (Lipinski definition) is 1. The highest BCUT2D eigenvalue weighted by atomic mass is 19.1. The lowest BCUT2D eigenvalue weighted by Gasteiger charge is -2.46. The third kappa shape index (κ3) is 5.85. The fourth-order valence-electron chi connectivity index (χ4n) is 7.36. The molecule has 2 aliphatic heterocycles. The van der Waals surface area contributed by atoms with Crippen LogP contribution in [0, 0.1) is 5.82 Å². The van der Waals surface area contributed by atoms with Gasteiger partial charge in [-0.05, 0) is 89.5 Å². The van der Waals surface area contributed by atoms with Gasteiger partial charge in [0.15, 0.2) is 0 Å². The summed E-state index contributed by atoms with van der Waals surface area (Å²) in [6.45, 7) is 15.1. The van der Waals surface area contributed by atoms with Crippen molar-refractivity contribution in [3.8, 4) is 0 Å². The standard InChI is InChI=1S/C33H49FN6/c1-7-10-31(39-21-24(3)35-25(4)22-39)32-36-29-19-26(13-14-30(29)40(32)8-2)23-38-17-15-33(16-18-38,37(5)6)27-11-9-12-28(34)20-27/h9,11-14,19-20,24-25,31,35H,7-8,10,15-18,21-23H2,1-6H3/t24-,25+,31?. The summed E-state index contributed by atoms with van der Waals surface area (Å²) in [6.07, 6.45) is 4.25. The first-order valence-corrected chi connectivity index (χ1v) is 15.4. The van der Waals surface area contributed by atoms with Crippen molar-refractivity contribution in [2.75, 3.05) is 40.3 Å². The summed E-state index contributed by atoms with van der Waals surface area (Å²) in [7, 11) is 4.26. The van der Waals surface area contributed by atoms with Gasteiger partial charge in [0.2, 0.25) is 0 Å². The first kappa shape index (κ1) is 29.2. The molecular weight excluding hydrogens is 499 g/mol. The molecule has 1 N–H and O–H groups in total. The molecule has 218 valence electrons. The van der Waals surface area contributed by atoms with Crippen molar-refractivity contribution in [2.24, 2.45) is 0 Å². The van der Waals surface area contributed by atoms with Crippen LogP contribution in [0.1, 0.15) is 76.4 Å². The van der Waals surface area contributed by atoms with Crippen molar-refractivity contribution >= 4 is 11.0 Å². The van der Waals surface area contributed by atoms with Crippen molar-refractivity contribution in [1.29, 1.82) is 0 Å². The number of halogens is 1. The molecule has 0 saturated carbocycles. The summed E-state index contributed by atoms with van der Waals surface area (Å²) < 4.78 is 16.5.